The summed E-state index contributed by atoms with van der Waals surface area (Å²) in [4.78, 5) is 29.9. The van der Waals surface area contributed by atoms with Crippen LogP contribution in [0.1, 0.15) is 22.5 Å². The summed E-state index contributed by atoms with van der Waals surface area (Å²) in [6, 6.07) is 15.0. The number of furan rings is 1. The van der Waals surface area contributed by atoms with E-state index >= 15 is 0 Å². The standard InChI is InChI=1S/C27H24Cl2N4O4/c1-36-20-6-3-18(4-7-20)26(34)32-24(27(35)31-11-2-13-33-14-12-30-17-33)16-21-8-10-25(37-21)22-15-19(28)5-9-23(22)29/h3-10,12,14-17H,2,11,13H2,1H3,(H,31,35)(H,32,34)/b24-16+. The van der Waals surface area contributed by atoms with Crippen LogP contribution in [0.25, 0.3) is 17.4 Å². The Hall–Kier alpha value is -4.01. The second-order valence-corrected chi connectivity index (χ2v) is 8.82. The van der Waals surface area contributed by atoms with E-state index in [1.807, 2.05) is 10.8 Å². The van der Waals surface area contributed by atoms with Crippen molar-refractivity contribution in [2.45, 2.75) is 13.0 Å². The molecule has 37 heavy (non-hydrogen) atoms. The molecule has 0 unspecified atom stereocenters. The first-order chi connectivity index (χ1) is 17.9. The number of aryl methyl sites for hydroxylation is 1. The molecule has 0 radical (unpaired) electrons. The van der Waals surface area contributed by atoms with Gasteiger partial charge in [0.25, 0.3) is 11.8 Å². The average molecular weight is 539 g/mol. The minimum absolute atomic E-state index is 0.0292. The topological polar surface area (TPSA) is 98.4 Å². The maximum atomic E-state index is 13.0. The lowest BCUT2D eigenvalue weighted by Crippen LogP contribution is -2.35. The second kappa shape index (κ2) is 12.3. The van der Waals surface area contributed by atoms with Gasteiger partial charge in [-0.05, 0) is 61.0 Å². The number of benzene rings is 2. The maximum absolute atomic E-state index is 13.0. The fourth-order valence-corrected chi connectivity index (χ4v) is 3.86. The lowest BCUT2D eigenvalue weighted by atomic mass is 10.2. The fraction of sp³-hybridized carbons (Fsp3) is 0.148. The summed E-state index contributed by atoms with van der Waals surface area (Å²) in [7, 11) is 1.54. The Morgan fingerprint density at radius 3 is 2.65 bits per heavy atom. The van der Waals surface area contributed by atoms with Crippen molar-refractivity contribution < 1.29 is 18.7 Å². The monoisotopic (exact) mass is 538 g/mol. The van der Waals surface area contributed by atoms with Crippen molar-refractivity contribution in [2.75, 3.05) is 13.7 Å². The number of carbonyl (C=O) groups excluding carboxylic acids is 2. The summed E-state index contributed by atoms with van der Waals surface area (Å²) < 4.78 is 13.0. The van der Waals surface area contributed by atoms with E-state index in [9.17, 15) is 9.59 Å². The van der Waals surface area contributed by atoms with Crippen LogP contribution in [0.3, 0.4) is 0 Å². The van der Waals surface area contributed by atoms with E-state index < -0.39 is 11.8 Å². The molecule has 2 aromatic heterocycles. The van der Waals surface area contributed by atoms with E-state index in [0.717, 1.165) is 0 Å². The van der Waals surface area contributed by atoms with Gasteiger partial charge in [0.15, 0.2) is 0 Å². The summed E-state index contributed by atoms with van der Waals surface area (Å²) in [5.74, 6) is 0.536. The van der Waals surface area contributed by atoms with E-state index in [2.05, 4.69) is 15.6 Å². The number of imidazole rings is 1. The van der Waals surface area contributed by atoms with Crippen molar-refractivity contribution in [1.82, 2.24) is 20.2 Å². The van der Waals surface area contributed by atoms with E-state index in [1.54, 1.807) is 74.2 Å². The molecule has 190 valence electrons. The number of carbonyl (C=O) groups is 2. The third kappa shape index (κ3) is 7.03. The van der Waals surface area contributed by atoms with Crippen molar-refractivity contribution in [2.24, 2.45) is 0 Å². The largest absolute Gasteiger partial charge is 0.497 e. The number of methoxy groups -OCH3 is 1. The molecule has 0 fully saturated rings. The van der Waals surface area contributed by atoms with Crippen molar-refractivity contribution in [3.63, 3.8) is 0 Å². The smallest absolute Gasteiger partial charge is 0.267 e. The highest BCUT2D eigenvalue weighted by Crippen LogP contribution is 2.32. The highest BCUT2D eigenvalue weighted by molar-refractivity contribution is 6.35. The number of hydrogen-bond acceptors (Lipinski definition) is 5. The van der Waals surface area contributed by atoms with Crippen molar-refractivity contribution in [3.05, 3.63) is 100 Å². The lowest BCUT2D eigenvalue weighted by molar-refractivity contribution is -0.117. The molecule has 4 rings (SSSR count). The molecule has 2 heterocycles. The molecule has 0 saturated carbocycles. The van der Waals surface area contributed by atoms with Gasteiger partial charge in [-0.15, -0.1) is 0 Å². The highest BCUT2D eigenvalue weighted by atomic mass is 35.5. The number of nitrogens with zero attached hydrogens (tertiary/aromatic N) is 2. The maximum Gasteiger partial charge on any atom is 0.267 e. The molecule has 2 aromatic carbocycles. The summed E-state index contributed by atoms with van der Waals surface area (Å²) in [5, 5.41) is 6.51. The molecular formula is C27H24Cl2N4O4. The minimum Gasteiger partial charge on any atom is -0.497 e. The van der Waals surface area contributed by atoms with Crippen molar-refractivity contribution in [1.29, 1.82) is 0 Å². The SMILES string of the molecule is COc1ccc(C(=O)N/C(=C/c2ccc(-c3cc(Cl)ccc3Cl)o2)C(=O)NCCCn2ccnc2)cc1. The zero-order valence-corrected chi connectivity index (χ0v) is 21.4. The van der Waals surface area contributed by atoms with Crippen LogP contribution in [0.15, 0.2) is 83.4 Å². The number of aromatic nitrogens is 2. The number of nitrogens with one attached hydrogen (secondary N) is 2. The molecule has 2 N–H and O–H groups in total. The van der Waals surface area contributed by atoms with Crippen LogP contribution < -0.4 is 15.4 Å². The molecule has 0 atom stereocenters. The van der Waals surface area contributed by atoms with Crippen LogP contribution in [0.2, 0.25) is 10.0 Å². The van der Waals surface area contributed by atoms with E-state index in [1.165, 1.54) is 6.08 Å². The quantitative estimate of drug-likeness (QED) is 0.207. The number of halogens is 2. The van der Waals surface area contributed by atoms with Gasteiger partial charge in [-0.2, -0.15) is 0 Å². The van der Waals surface area contributed by atoms with Gasteiger partial charge in [-0.3, -0.25) is 9.59 Å². The minimum atomic E-state index is -0.453. The molecule has 0 aliphatic carbocycles. The van der Waals surface area contributed by atoms with Gasteiger partial charge in [0.05, 0.1) is 18.5 Å². The molecule has 0 aliphatic heterocycles. The predicted molar refractivity (Wildman–Crippen MR) is 142 cm³/mol. The van der Waals surface area contributed by atoms with Crippen LogP contribution >= 0.6 is 23.2 Å². The van der Waals surface area contributed by atoms with Gasteiger partial charge in [-0.1, -0.05) is 23.2 Å². The zero-order chi connectivity index (χ0) is 26.2. The number of ether oxygens (including phenoxy) is 1. The van der Waals surface area contributed by atoms with E-state index in [4.69, 9.17) is 32.4 Å². The van der Waals surface area contributed by atoms with Gasteiger partial charge < -0.3 is 24.4 Å². The Morgan fingerprint density at radius 2 is 1.92 bits per heavy atom. The normalized spacial score (nSPS) is 11.3. The Bertz CT molecular complexity index is 1400. The van der Waals surface area contributed by atoms with Crippen LogP contribution in [-0.2, 0) is 11.3 Å². The molecule has 0 aliphatic rings. The van der Waals surface area contributed by atoms with Crippen molar-refractivity contribution in [3.8, 4) is 17.1 Å². The first-order valence-electron chi connectivity index (χ1n) is 11.4. The summed E-state index contributed by atoms with van der Waals surface area (Å²) in [5.41, 5.74) is 1.01. The summed E-state index contributed by atoms with van der Waals surface area (Å²) >= 11 is 12.4. The second-order valence-electron chi connectivity index (χ2n) is 7.98. The lowest BCUT2D eigenvalue weighted by Gasteiger charge is -2.11. The highest BCUT2D eigenvalue weighted by Gasteiger charge is 2.16. The first kappa shape index (κ1) is 26.1. The predicted octanol–water partition coefficient (Wildman–Crippen LogP) is 5.44. The van der Waals surface area contributed by atoms with Crippen LogP contribution in [-0.4, -0.2) is 35.0 Å². The van der Waals surface area contributed by atoms with Crippen molar-refractivity contribution >= 4 is 41.1 Å². The zero-order valence-electron chi connectivity index (χ0n) is 19.9. The fourth-order valence-electron chi connectivity index (χ4n) is 3.48. The Kier molecular flexibility index (Phi) is 8.66. The summed E-state index contributed by atoms with van der Waals surface area (Å²) in [6.45, 7) is 1.09. The molecule has 4 aromatic rings. The van der Waals surface area contributed by atoms with Gasteiger partial charge >= 0.3 is 0 Å². The van der Waals surface area contributed by atoms with Crippen LogP contribution in [0.5, 0.6) is 5.75 Å². The van der Waals surface area contributed by atoms with Gasteiger partial charge in [0.1, 0.15) is 23.0 Å². The Morgan fingerprint density at radius 1 is 1.11 bits per heavy atom. The molecule has 0 saturated heterocycles. The van der Waals surface area contributed by atoms with Gasteiger partial charge in [0, 0.05) is 47.7 Å². The molecule has 10 heteroatoms. The first-order valence-corrected chi connectivity index (χ1v) is 12.1. The molecule has 8 nitrogen and oxygen atoms in total. The molecule has 2 amide bonds. The molecular weight excluding hydrogens is 515 g/mol. The number of amides is 2. The van der Waals surface area contributed by atoms with Crippen LogP contribution in [0, 0.1) is 0 Å². The van der Waals surface area contributed by atoms with Gasteiger partial charge in [0.2, 0.25) is 0 Å². The number of hydrogen-bond donors (Lipinski definition) is 2. The number of rotatable bonds is 10. The average Bonchev–Trinajstić information content (AvgIpc) is 3.60. The molecule has 0 bridgehead atoms. The Balaban J connectivity index is 1.53. The van der Waals surface area contributed by atoms with E-state index in [0.29, 0.717) is 58.0 Å². The third-order valence-corrected chi connectivity index (χ3v) is 5.95. The molecule has 0 spiro atoms. The Labute approximate surface area is 223 Å². The van der Waals surface area contributed by atoms with Crippen LogP contribution in [0.4, 0.5) is 0 Å². The van der Waals surface area contributed by atoms with E-state index in [-0.39, 0.29) is 5.70 Å². The van der Waals surface area contributed by atoms with Gasteiger partial charge in [-0.25, -0.2) is 4.98 Å². The summed E-state index contributed by atoms with van der Waals surface area (Å²) in [6.07, 6.45) is 7.41. The third-order valence-electron chi connectivity index (χ3n) is 5.39.